The quantitative estimate of drug-likeness (QED) is 0.508. The van der Waals surface area contributed by atoms with Crippen LogP contribution in [0.3, 0.4) is 0 Å². The Kier molecular flexibility index (Phi) is 6.04. The molecule has 0 amide bonds. The SMILES string of the molecule is C=CCO[C@H]1[C@]2(CC=C)CCC[C@@]1(C(=O)OCC)CN(CC)C2. The summed E-state index contributed by atoms with van der Waals surface area (Å²) in [4.78, 5) is 15.3. The van der Waals surface area contributed by atoms with Crippen LogP contribution in [0.5, 0.6) is 0 Å². The van der Waals surface area contributed by atoms with Gasteiger partial charge in [0.2, 0.25) is 0 Å². The van der Waals surface area contributed by atoms with E-state index >= 15 is 0 Å². The first-order chi connectivity index (χ1) is 11.1. The van der Waals surface area contributed by atoms with E-state index < -0.39 is 5.41 Å². The van der Waals surface area contributed by atoms with Crippen molar-refractivity contribution >= 4 is 5.97 Å². The minimum absolute atomic E-state index is 0.0516. The van der Waals surface area contributed by atoms with Gasteiger partial charge in [-0.2, -0.15) is 0 Å². The van der Waals surface area contributed by atoms with Crippen molar-refractivity contribution in [1.29, 1.82) is 0 Å². The lowest BCUT2D eigenvalue weighted by Crippen LogP contribution is -2.68. The van der Waals surface area contributed by atoms with Gasteiger partial charge < -0.3 is 14.4 Å². The summed E-state index contributed by atoms with van der Waals surface area (Å²) >= 11 is 0. The van der Waals surface area contributed by atoms with Crippen LogP contribution < -0.4 is 0 Å². The molecule has 1 aliphatic heterocycles. The zero-order valence-corrected chi connectivity index (χ0v) is 14.7. The van der Waals surface area contributed by atoms with Crippen molar-refractivity contribution < 1.29 is 14.3 Å². The van der Waals surface area contributed by atoms with Crippen LogP contribution in [0, 0.1) is 10.8 Å². The molecule has 23 heavy (non-hydrogen) atoms. The molecule has 2 bridgehead atoms. The molecule has 1 saturated heterocycles. The molecule has 130 valence electrons. The minimum Gasteiger partial charge on any atom is -0.465 e. The summed E-state index contributed by atoms with van der Waals surface area (Å²) in [6, 6.07) is 0. The number of rotatable bonds is 8. The monoisotopic (exact) mass is 321 g/mol. The maximum atomic E-state index is 12.9. The number of likely N-dealkylation sites (tertiary alicyclic amines) is 1. The van der Waals surface area contributed by atoms with Crippen LogP contribution in [0.15, 0.2) is 25.3 Å². The van der Waals surface area contributed by atoms with Gasteiger partial charge >= 0.3 is 5.97 Å². The lowest BCUT2D eigenvalue weighted by molar-refractivity contribution is -0.210. The topological polar surface area (TPSA) is 38.8 Å². The van der Waals surface area contributed by atoms with Crippen molar-refractivity contribution in [2.45, 2.75) is 45.6 Å². The van der Waals surface area contributed by atoms with Gasteiger partial charge in [0.1, 0.15) is 5.41 Å². The first-order valence-corrected chi connectivity index (χ1v) is 8.81. The summed E-state index contributed by atoms with van der Waals surface area (Å²) in [6.45, 7) is 15.3. The third-order valence-electron chi connectivity index (χ3n) is 5.46. The molecule has 0 aromatic carbocycles. The van der Waals surface area contributed by atoms with Crippen molar-refractivity contribution in [3.05, 3.63) is 25.3 Å². The maximum absolute atomic E-state index is 12.9. The highest BCUT2D eigenvalue weighted by atomic mass is 16.5. The van der Waals surface area contributed by atoms with Crippen LogP contribution in [-0.4, -0.2) is 49.8 Å². The first kappa shape index (κ1) is 18.2. The largest absolute Gasteiger partial charge is 0.465 e. The number of esters is 1. The zero-order chi connectivity index (χ0) is 16.9. The molecule has 1 saturated carbocycles. The molecular formula is C19H31NO3. The fraction of sp³-hybridized carbons (Fsp3) is 0.737. The van der Waals surface area contributed by atoms with Crippen LogP contribution in [0.4, 0.5) is 0 Å². The number of piperidine rings is 1. The first-order valence-electron chi connectivity index (χ1n) is 8.81. The van der Waals surface area contributed by atoms with E-state index in [0.29, 0.717) is 13.2 Å². The highest BCUT2D eigenvalue weighted by molar-refractivity contribution is 5.78. The predicted molar refractivity (Wildman–Crippen MR) is 92.2 cm³/mol. The van der Waals surface area contributed by atoms with Crippen LogP contribution in [0.25, 0.3) is 0 Å². The smallest absolute Gasteiger partial charge is 0.316 e. The summed E-state index contributed by atoms with van der Waals surface area (Å²) in [5.74, 6) is -0.0969. The molecule has 2 fully saturated rings. The number of allylic oxidation sites excluding steroid dienone is 1. The molecule has 2 aliphatic rings. The minimum atomic E-state index is -0.561. The van der Waals surface area contributed by atoms with E-state index in [1.165, 1.54) is 0 Å². The maximum Gasteiger partial charge on any atom is 0.316 e. The molecule has 3 atom stereocenters. The van der Waals surface area contributed by atoms with Crippen molar-refractivity contribution in [2.24, 2.45) is 10.8 Å². The van der Waals surface area contributed by atoms with Gasteiger partial charge in [0.05, 0.1) is 19.3 Å². The average molecular weight is 321 g/mol. The van der Waals surface area contributed by atoms with E-state index in [1.807, 2.05) is 13.0 Å². The van der Waals surface area contributed by atoms with Gasteiger partial charge in [-0.3, -0.25) is 4.79 Å². The third kappa shape index (κ3) is 3.24. The van der Waals surface area contributed by atoms with E-state index in [-0.39, 0.29) is 17.5 Å². The Morgan fingerprint density at radius 1 is 1.26 bits per heavy atom. The van der Waals surface area contributed by atoms with E-state index in [1.54, 1.807) is 6.08 Å². The number of nitrogens with zero attached hydrogens (tertiary/aromatic N) is 1. The molecule has 0 aromatic rings. The zero-order valence-electron chi connectivity index (χ0n) is 14.7. The van der Waals surface area contributed by atoms with Gasteiger partial charge in [-0.25, -0.2) is 0 Å². The van der Waals surface area contributed by atoms with Crippen molar-refractivity contribution in [2.75, 3.05) is 32.8 Å². The normalized spacial score (nSPS) is 33.9. The fourth-order valence-corrected chi connectivity index (χ4v) is 4.66. The van der Waals surface area contributed by atoms with Gasteiger partial charge in [0, 0.05) is 18.5 Å². The Morgan fingerprint density at radius 3 is 2.65 bits per heavy atom. The Balaban J connectivity index is 2.45. The van der Waals surface area contributed by atoms with E-state index in [2.05, 4.69) is 25.0 Å². The van der Waals surface area contributed by atoms with Crippen LogP contribution in [0.2, 0.25) is 0 Å². The number of fused-ring (bicyclic) bond motifs is 2. The van der Waals surface area contributed by atoms with Gasteiger partial charge in [-0.05, 0) is 32.7 Å². The van der Waals surface area contributed by atoms with Crippen LogP contribution >= 0.6 is 0 Å². The molecule has 0 aromatic heterocycles. The molecule has 2 rings (SSSR count). The number of ether oxygens (including phenoxy) is 2. The van der Waals surface area contributed by atoms with Gasteiger partial charge in [0.25, 0.3) is 0 Å². The number of hydrogen-bond acceptors (Lipinski definition) is 4. The summed E-state index contributed by atoms with van der Waals surface area (Å²) in [6.07, 6.45) is 7.43. The number of carbonyl (C=O) groups excluding carboxylic acids is 1. The lowest BCUT2D eigenvalue weighted by Gasteiger charge is -2.59. The summed E-state index contributed by atoms with van der Waals surface area (Å²) in [5, 5.41) is 0. The number of carbonyl (C=O) groups is 1. The summed E-state index contributed by atoms with van der Waals surface area (Å²) in [7, 11) is 0. The molecule has 1 heterocycles. The standard InChI is InChI=1S/C19H31NO3/c1-5-10-18-11-9-12-19(17(21)22-8-4,15-20(7-3)14-18)16(18)23-13-6-2/h5-6,16H,1-2,7-15H2,3-4H3/t16-,18+,19+/m0/s1. The van der Waals surface area contributed by atoms with Gasteiger partial charge in [0.15, 0.2) is 0 Å². The molecule has 0 spiro atoms. The second-order valence-corrected chi connectivity index (χ2v) is 6.89. The molecular weight excluding hydrogens is 290 g/mol. The second kappa shape index (κ2) is 7.63. The molecule has 1 aliphatic carbocycles. The molecule has 0 N–H and O–H groups in total. The lowest BCUT2D eigenvalue weighted by atomic mass is 9.55. The third-order valence-corrected chi connectivity index (χ3v) is 5.46. The average Bonchev–Trinajstić information content (AvgIpc) is 2.52. The molecule has 4 nitrogen and oxygen atoms in total. The highest BCUT2D eigenvalue weighted by Crippen LogP contribution is 2.55. The fourth-order valence-electron chi connectivity index (χ4n) is 4.66. The molecule has 4 heteroatoms. The van der Waals surface area contributed by atoms with E-state index in [4.69, 9.17) is 9.47 Å². The Labute approximate surface area is 140 Å². The summed E-state index contributed by atoms with van der Waals surface area (Å²) in [5.41, 5.74) is -0.613. The molecule has 0 radical (unpaired) electrons. The van der Waals surface area contributed by atoms with Crippen LogP contribution in [-0.2, 0) is 14.3 Å². The highest BCUT2D eigenvalue weighted by Gasteiger charge is 2.62. The van der Waals surface area contributed by atoms with E-state index in [0.717, 1.165) is 45.3 Å². The Hall–Kier alpha value is -1.13. The van der Waals surface area contributed by atoms with Crippen molar-refractivity contribution in [3.63, 3.8) is 0 Å². The van der Waals surface area contributed by atoms with Gasteiger partial charge in [-0.15, -0.1) is 13.2 Å². The Morgan fingerprint density at radius 2 is 2.04 bits per heavy atom. The van der Waals surface area contributed by atoms with Gasteiger partial charge in [-0.1, -0.05) is 25.5 Å². The van der Waals surface area contributed by atoms with Crippen molar-refractivity contribution in [1.82, 2.24) is 4.90 Å². The number of hydrogen-bond donors (Lipinski definition) is 0. The predicted octanol–water partition coefficient (Wildman–Crippen LogP) is 3.19. The molecule has 0 unspecified atom stereocenters. The Bertz CT molecular complexity index is 450. The van der Waals surface area contributed by atoms with E-state index in [9.17, 15) is 4.79 Å². The summed E-state index contributed by atoms with van der Waals surface area (Å²) < 4.78 is 11.7. The van der Waals surface area contributed by atoms with Crippen molar-refractivity contribution in [3.8, 4) is 0 Å². The second-order valence-electron chi connectivity index (χ2n) is 6.89. The van der Waals surface area contributed by atoms with Crippen LogP contribution in [0.1, 0.15) is 39.5 Å².